The molecule has 1 aliphatic heterocycles. The summed E-state index contributed by atoms with van der Waals surface area (Å²) in [5.74, 6) is 0.0190. The van der Waals surface area contributed by atoms with Gasteiger partial charge in [-0.2, -0.15) is 0 Å². The molecule has 0 N–H and O–H groups in total. The van der Waals surface area contributed by atoms with Crippen LogP contribution in [0.3, 0.4) is 0 Å². The van der Waals surface area contributed by atoms with Crippen LogP contribution in [0.4, 0.5) is 0 Å². The zero-order valence-corrected chi connectivity index (χ0v) is 15.5. The number of fused-ring (bicyclic) bond motifs is 1. The lowest BCUT2D eigenvalue weighted by Gasteiger charge is -2.36. The highest BCUT2D eigenvalue weighted by molar-refractivity contribution is 5.94. The molecule has 0 aliphatic carbocycles. The van der Waals surface area contributed by atoms with Crippen LogP contribution in [-0.4, -0.2) is 62.6 Å². The standard InChI is InChI=1S/C20H22N6O/c1-24-12-17-6-4-3-5-16(17)11-19(24)13-25(2)20(27)15-7-9-18(10-8-15)26-14-21-22-23-26/h3-10,14,19H,11-13H2,1-2H3/t19-/m0/s1. The number of carbonyl (C=O) groups is 1. The minimum absolute atomic E-state index is 0.0190. The molecular formula is C20H22N6O. The molecule has 0 radical (unpaired) electrons. The summed E-state index contributed by atoms with van der Waals surface area (Å²) in [6.45, 7) is 1.61. The summed E-state index contributed by atoms with van der Waals surface area (Å²) >= 11 is 0. The topological polar surface area (TPSA) is 67.2 Å². The molecule has 1 amide bonds. The van der Waals surface area contributed by atoms with Crippen molar-refractivity contribution in [3.05, 3.63) is 71.5 Å². The van der Waals surface area contributed by atoms with Gasteiger partial charge in [-0.05, 0) is 59.3 Å². The van der Waals surface area contributed by atoms with Gasteiger partial charge in [-0.25, -0.2) is 4.68 Å². The Bertz CT molecular complexity index is 922. The quantitative estimate of drug-likeness (QED) is 0.708. The monoisotopic (exact) mass is 362 g/mol. The first-order chi connectivity index (χ1) is 13.1. The van der Waals surface area contributed by atoms with Crippen molar-refractivity contribution in [2.24, 2.45) is 0 Å². The number of amides is 1. The summed E-state index contributed by atoms with van der Waals surface area (Å²) in [7, 11) is 3.99. The van der Waals surface area contributed by atoms with E-state index in [0.29, 0.717) is 18.2 Å². The number of tetrazole rings is 1. The third-order valence-corrected chi connectivity index (χ3v) is 5.18. The molecule has 1 atom stereocenters. The lowest BCUT2D eigenvalue weighted by atomic mass is 9.94. The van der Waals surface area contributed by atoms with Crippen LogP contribution in [0.15, 0.2) is 54.9 Å². The first-order valence-electron chi connectivity index (χ1n) is 8.98. The summed E-state index contributed by atoms with van der Waals surface area (Å²) < 4.78 is 1.56. The predicted molar refractivity (Wildman–Crippen MR) is 102 cm³/mol. The van der Waals surface area contributed by atoms with Gasteiger partial charge in [0.15, 0.2) is 0 Å². The molecule has 27 heavy (non-hydrogen) atoms. The van der Waals surface area contributed by atoms with Gasteiger partial charge in [0.1, 0.15) is 6.33 Å². The normalized spacial score (nSPS) is 16.7. The predicted octanol–water partition coefficient (Wildman–Crippen LogP) is 1.79. The molecular weight excluding hydrogens is 340 g/mol. The number of aromatic nitrogens is 4. The number of likely N-dealkylation sites (N-methyl/N-ethyl adjacent to an activating group) is 2. The fraction of sp³-hybridized carbons (Fsp3) is 0.300. The first-order valence-corrected chi connectivity index (χ1v) is 8.98. The van der Waals surface area contributed by atoms with E-state index in [2.05, 4.69) is 51.7 Å². The van der Waals surface area contributed by atoms with Gasteiger partial charge in [-0.3, -0.25) is 9.69 Å². The number of hydrogen-bond acceptors (Lipinski definition) is 5. The van der Waals surface area contributed by atoms with Gasteiger partial charge in [-0.1, -0.05) is 24.3 Å². The van der Waals surface area contributed by atoms with Crippen LogP contribution in [-0.2, 0) is 13.0 Å². The molecule has 3 aromatic rings. The maximum Gasteiger partial charge on any atom is 0.253 e. The number of carbonyl (C=O) groups excluding carboxylic acids is 1. The molecule has 0 bridgehead atoms. The van der Waals surface area contributed by atoms with Crippen LogP contribution in [0, 0.1) is 0 Å². The highest BCUT2D eigenvalue weighted by Crippen LogP contribution is 2.22. The average Bonchev–Trinajstić information content (AvgIpc) is 3.23. The van der Waals surface area contributed by atoms with Crippen LogP contribution in [0.25, 0.3) is 5.69 Å². The molecule has 0 saturated heterocycles. The smallest absolute Gasteiger partial charge is 0.253 e. The van der Waals surface area contributed by atoms with E-state index in [-0.39, 0.29) is 5.91 Å². The highest BCUT2D eigenvalue weighted by atomic mass is 16.2. The van der Waals surface area contributed by atoms with E-state index >= 15 is 0 Å². The minimum atomic E-state index is 0.0190. The lowest BCUT2D eigenvalue weighted by Crippen LogP contribution is -2.46. The number of benzene rings is 2. The van der Waals surface area contributed by atoms with Gasteiger partial charge in [0.2, 0.25) is 0 Å². The van der Waals surface area contributed by atoms with E-state index in [4.69, 9.17) is 0 Å². The van der Waals surface area contributed by atoms with E-state index in [1.165, 1.54) is 17.5 Å². The third-order valence-electron chi connectivity index (χ3n) is 5.18. The Balaban J connectivity index is 1.43. The molecule has 2 aromatic carbocycles. The SMILES string of the molecule is CN(C[C@@H]1Cc2ccccc2CN1C)C(=O)c1ccc(-n2cnnn2)cc1. The van der Waals surface area contributed by atoms with Crippen LogP contribution >= 0.6 is 0 Å². The van der Waals surface area contributed by atoms with Crippen molar-refractivity contribution in [3.8, 4) is 5.69 Å². The molecule has 4 rings (SSSR count). The van der Waals surface area contributed by atoms with Crippen LogP contribution < -0.4 is 0 Å². The second-order valence-electron chi connectivity index (χ2n) is 7.03. The third kappa shape index (κ3) is 3.59. The van der Waals surface area contributed by atoms with Crippen LogP contribution in [0.2, 0.25) is 0 Å². The van der Waals surface area contributed by atoms with E-state index in [1.807, 2.05) is 31.3 Å². The minimum Gasteiger partial charge on any atom is -0.340 e. The van der Waals surface area contributed by atoms with Gasteiger partial charge in [0.25, 0.3) is 5.91 Å². The average molecular weight is 362 g/mol. The maximum absolute atomic E-state index is 12.8. The summed E-state index contributed by atoms with van der Waals surface area (Å²) in [5, 5.41) is 11.1. The maximum atomic E-state index is 12.8. The zero-order valence-electron chi connectivity index (χ0n) is 15.5. The van der Waals surface area contributed by atoms with Crippen molar-refractivity contribution < 1.29 is 4.79 Å². The van der Waals surface area contributed by atoms with Crippen LogP contribution in [0.5, 0.6) is 0 Å². The van der Waals surface area contributed by atoms with Crippen molar-refractivity contribution in [1.82, 2.24) is 30.0 Å². The van der Waals surface area contributed by atoms with Crippen molar-refractivity contribution in [2.45, 2.75) is 19.0 Å². The Morgan fingerprint density at radius 2 is 1.89 bits per heavy atom. The Kier molecular flexibility index (Phi) is 4.68. The molecule has 2 heterocycles. The number of nitrogens with zero attached hydrogens (tertiary/aromatic N) is 6. The van der Waals surface area contributed by atoms with Crippen molar-refractivity contribution in [2.75, 3.05) is 20.6 Å². The van der Waals surface area contributed by atoms with Gasteiger partial charge in [0.05, 0.1) is 5.69 Å². The largest absolute Gasteiger partial charge is 0.340 e. The summed E-state index contributed by atoms with van der Waals surface area (Å²) in [6.07, 6.45) is 2.49. The molecule has 0 unspecified atom stereocenters. The molecule has 1 aromatic heterocycles. The fourth-order valence-electron chi connectivity index (χ4n) is 3.58. The molecule has 7 nitrogen and oxygen atoms in total. The Hall–Kier alpha value is -3.06. The van der Waals surface area contributed by atoms with Crippen molar-refractivity contribution in [3.63, 3.8) is 0 Å². The number of hydrogen-bond donors (Lipinski definition) is 0. The zero-order chi connectivity index (χ0) is 18.8. The van der Waals surface area contributed by atoms with E-state index in [0.717, 1.165) is 18.7 Å². The lowest BCUT2D eigenvalue weighted by molar-refractivity contribution is 0.0733. The summed E-state index contributed by atoms with van der Waals surface area (Å²) in [6, 6.07) is 16.2. The van der Waals surface area contributed by atoms with Gasteiger partial charge < -0.3 is 4.90 Å². The second kappa shape index (κ2) is 7.28. The molecule has 0 saturated carbocycles. The van der Waals surface area contributed by atoms with Crippen LogP contribution in [0.1, 0.15) is 21.5 Å². The number of rotatable bonds is 4. The van der Waals surface area contributed by atoms with Gasteiger partial charge in [0, 0.05) is 31.7 Å². The molecule has 0 fully saturated rings. The second-order valence-corrected chi connectivity index (χ2v) is 7.03. The van der Waals surface area contributed by atoms with Crippen molar-refractivity contribution in [1.29, 1.82) is 0 Å². The van der Waals surface area contributed by atoms with E-state index in [1.54, 1.807) is 9.58 Å². The van der Waals surface area contributed by atoms with E-state index < -0.39 is 0 Å². The molecule has 1 aliphatic rings. The Labute approximate surface area is 158 Å². The molecule has 0 spiro atoms. The van der Waals surface area contributed by atoms with Gasteiger partial charge >= 0.3 is 0 Å². The Morgan fingerprint density at radius 3 is 2.59 bits per heavy atom. The van der Waals surface area contributed by atoms with Crippen molar-refractivity contribution >= 4 is 5.91 Å². The summed E-state index contributed by atoms with van der Waals surface area (Å²) in [5.41, 5.74) is 4.24. The Morgan fingerprint density at radius 1 is 1.15 bits per heavy atom. The van der Waals surface area contributed by atoms with Gasteiger partial charge in [-0.15, -0.1) is 5.10 Å². The first kappa shape index (κ1) is 17.4. The summed E-state index contributed by atoms with van der Waals surface area (Å²) in [4.78, 5) is 17.0. The fourth-order valence-corrected chi connectivity index (χ4v) is 3.58. The highest BCUT2D eigenvalue weighted by Gasteiger charge is 2.25. The molecule has 7 heteroatoms. The van der Waals surface area contributed by atoms with E-state index in [9.17, 15) is 4.79 Å². The molecule has 138 valence electrons.